The predicted octanol–water partition coefficient (Wildman–Crippen LogP) is 2.26. The second-order valence-corrected chi connectivity index (χ2v) is 5.57. The molecule has 0 N–H and O–H groups in total. The van der Waals surface area contributed by atoms with Crippen LogP contribution < -0.4 is 4.90 Å². The van der Waals surface area contributed by atoms with E-state index in [2.05, 4.69) is 14.9 Å². The van der Waals surface area contributed by atoms with E-state index in [1.54, 1.807) is 12.4 Å². The minimum absolute atomic E-state index is 0.352. The van der Waals surface area contributed by atoms with E-state index in [-0.39, 0.29) is 0 Å². The number of anilines is 1. The second kappa shape index (κ2) is 4.84. The fourth-order valence-corrected chi connectivity index (χ4v) is 3.75. The third kappa shape index (κ3) is 1.99. The molecule has 1 aliphatic heterocycles. The molecule has 2 fully saturated rings. The first kappa shape index (κ1) is 11.9. The molecule has 1 aromatic rings. The Labute approximate surface area is 108 Å². The standard InChI is InChI=1S/C14H21N3O/c1-18-12-4-2-5-14(12)6-3-9-17(11-14)13-10-15-7-8-16-13/h7-8,10,12H,2-6,9,11H2,1H3/t12-,14-/m1/s1. The number of hydrogen-bond donors (Lipinski definition) is 0. The minimum atomic E-state index is 0.352. The molecule has 0 radical (unpaired) electrons. The quantitative estimate of drug-likeness (QED) is 0.803. The molecule has 0 amide bonds. The van der Waals surface area contributed by atoms with Gasteiger partial charge in [0.15, 0.2) is 0 Å². The molecule has 1 aromatic heterocycles. The predicted molar refractivity (Wildman–Crippen MR) is 70.6 cm³/mol. The van der Waals surface area contributed by atoms with Gasteiger partial charge in [0.25, 0.3) is 0 Å². The van der Waals surface area contributed by atoms with Crippen molar-refractivity contribution in [2.45, 2.75) is 38.2 Å². The largest absolute Gasteiger partial charge is 0.381 e. The summed E-state index contributed by atoms with van der Waals surface area (Å²) in [7, 11) is 1.86. The molecule has 0 bridgehead atoms. The van der Waals surface area contributed by atoms with Crippen molar-refractivity contribution in [2.75, 3.05) is 25.1 Å². The van der Waals surface area contributed by atoms with E-state index in [1.165, 1.54) is 32.1 Å². The van der Waals surface area contributed by atoms with Crippen LogP contribution in [0.2, 0.25) is 0 Å². The first-order chi connectivity index (χ1) is 8.84. The summed E-state index contributed by atoms with van der Waals surface area (Å²) in [5.74, 6) is 1.01. The van der Waals surface area contributed by atoms with E-state index < -0.39 is 0 Å². The van der Waals surface area contributed by atoms with Gasteiger partial charge in [0, 0.05) is 38.0 Å². The molecule has 1 saturated heterocycles. The van der Waals surface area contributed by atoms with E-state index in [4.69, 9.17) is 4.74 Å². The summed E-state index contributed by atoms with van der Waals surface area (Å²) in [5.41, 5.74) is 0.352. The Morgan fingerprint density at radius 1 is 1.33 bits per heavy atom. The van der Waals surface area contributed by atoms with Gasteiger partial charge in [-0.2, -0.15) is 0 Å². The molecule has 1 aliphatic carbocycles. The van der Waals surface area contributed by atoms with Gasteiger partial charge in [-0.1, -0.05) is 6.42 Å². The van der Waals surface area contributed by atoms with E-state index in [1.807, 2.05) is 13.3 Å². The first-order valence-electron chi connectivity index (χ1n) is 6.88. The van der Waals surface area contributed by atoms with Gasteiger partial charge in [0.2, 0.25) is 0 Å². The van der Waals surface area contributed by atoms with Crippen molar-refractivity contribution in [2.24, 2.45) is 5.41 Å². The van der Waals surface area contributed by atoms with Crippen molar-refractivity contribution < 1.29 is 4.74 Å². The number of rotatable bonds is 2. The zero-order chi connectivity index (χ0) is 12.4. The van der Waals surface area contributed by atoms with Gasteiger partial charge >= 0.3 is 0 Å². The van der Waals surface area contributed by atoms with Gasteiger partial charge < -0.3 is 9.64 Å². The van der Waals surface area contributed by atoms with Crippen LogP contribution in [0.1, 0.15) is 32.1 Å². The van der Waals surface area contributed by atoms with Crippen LogP contribution in [0.4, 0.5) is 5.82 Å². The molecule has 1 saturated carbocycles. The topological polar surface area (TPSA) is 38.2 Å². The number of ether oxygens (including phenoxy) is 1. The first-order valence-corrected chi connectivity index (χ1v) is 6.88. The number of piperidine rings is 1. The Bertz CT molecular complexity index is 397. The number of nitrogens with zero attached hydrogens (tertiary/aromatic N) is 3. The zero-order valence-corrected chi connectivity index (χ0v) is 11.0. The van der Waals surface area contributed by atoms with Crippen molar-refractivity contribution in [3.63, 3.8) is 0 Å². The normalized spacial score (nSPS) is 32.1. The fourth-order valence-electron chi connectivity index (χ4n) is 3.75. The van der Waals surface area contributed by atoms with E-state index in [0.29, 0.717) is 11.5 Å². The highest BCUT2D eigenvalue weighted by molar-refractivity contribution is 5.36. The fraction of sp³-hybridized carbons (Fsp3) is 0.714. The molecule has 4 nitrogen and oxygen atoms in total. The van der Waals surface area contributed by atoms with Crippen molar-refractivity contribution in [1.82, 2.24) is 9.97 Å². The maximum absolute atomic E-state index is 5.73. The Kier molecular flexibility index (Phi) is 3.20. The monoisotopic (exact) mass is 247 g/mol. The maximum Gasteiger partial charge on any atom is 0.147 e. The average Bonchev–Trinajstić information content (AvgIpc) is 2.82. The summed E-state index contributed by atoms with van der Waals surface area (Å²) >= 11 is 0. The Morgan fingerprint density at radius 2 is 2.22 bits per heavy atom. The van der Waals surface area contributed by atoms with Gasteiger partial charge in [-0.3, -0.25) is 4.98 Å². The summed E-state index contributed by atoms with van der Waals surface area (Å²) in [6.07, 6.45) is 12.1. The molecule has 3 rings (SSSR count). The summed E-state index contributed by atoms with van der Waals surface area (Å²) in [4.78, 5) is 11.0. The number of aromatic nitrogens is 2. The number of hydrogen-bond acceptors (Lipinski definition) is 4. The lowest BCUT2D eigenvalue weighted by Gasteiger charge is -2.44. The Balaban J connectivity index is 1.80. The van der Waals surface area contributed by atoms with Crippen LogP contribution in [0, 0.1) is 5.41 Å². The lowest BCUT2D eigenvalue weighted by molar-refractivity contribution is 0.00215. The van der Waals surface area contributed by atoms with Crippen molar-refractivity contribution in [3.8, 4) is 0 Å². The summed E-state index contributed by atoms with van der Waals surface area (Å²) < 4.78 is 5.73. The smallest absolute Gasteiger partial charge is 0.147 e. The van der Waals surface area contributed by atoms with Crippen molar-refractivity contribution in [3.05, 3.63) is 18.6 Å². The summed E-state index contributed by atoms with van der Waals surface area (Å²) in [6, 6.07) is 0. The molecule has 1 spiro atoms. The van der Waals surface area contributed by atoms with Crippen LogP contribution >= 0.6 is 0 Å². The lowest BCUT2D eigenvalue weighted by atomic mass is 9.76. The van der Waals surface area contributed by atoms with Gasteiger partial charge in [-0.05, 0) is 25.7 Å². The molecule has 98 valence electrons. The van der Waals surface area contributed by atoms with E-state index in [0.717, 1.165) is 18.9 Å². The van der Waals surface area contributed by atoms with Crippen LogP contribution in [0.5, 0.6) is 0 Å². The second-order valence-electron chi connectivity index (χ2n) is 5.57. The van der Waals surface area contributed by atoms with Crippen LogP contribution in [0.15, 0.2) is 18.6 Å². The summed E-state index contributed by atoms with van der Waals surface area (Å²) in [5, 5.41) is 0. The van der Waals surface area contributed by atoms with Gasteiger partial charge in [-0.25, -0.2) is 4.98 Å². The Morgan fingerprint density at radius 3 is 3.00 bits per heavy atom. The molecule has 2 atom stereocenters. The third-order valence-corrected chi connectivity index (χ3v) is 4.59. The third-order valence-electron chi connectivity index (χ3n) is 4.59. The Hall–Kier alpha value is -1.16. The van der Waals surface area contributed by atoms with Crippen LogP contribution in [-0.2, 0) is 4.74 Å². The highest BCUT2D eigenvalue weighted by atomic mass is 16.5. The van der Waals surface area contributed by atoms with Gasteiger partial charge in [0.05, 0.1) is 12.3 Å². The van der Waals surface area contributed by atoms with Crippen LogP contribution in [0.25, 0.3) is 0 Å². The highest BCUT2D eigenvalue weighted by Gasteiger charge is 2.45. The molecule has 0 aromatic carbocycles. The molecule has 4 heteroatoms. The average molecular weight is 247 g/mol. The van der Waals surface area contributed by atoms with Crippen LogP contribution in [-0.4, -0.2) is 36.3 Å². The highest BCUT2D eigenvalue weighted by Crippen LogP contribution is 2.46. The molecular weight excluding hydrogens is 226 g/mol. The lowest BCUT2D eigenvalue weighted by Crippen LogP contribution is -2.48. The molecule has 18 heavy (non-hydrogen) atoms. The van der Waals surface area contributed by atoms with Gasteiger partial charge in [0.1, 0.15) is 5.82 Å². The molecule has 0 unspecified atom stereocenters. The number of methoxy groups -OCH3 is 1. The van der Waals surface area contributed by atoms with Crippen molar-refractivity contribution >= 4 is 5.82 Å². The van der Waals surface area contributed by atoms with Gasteiger partial charge in [-0.15, -0.1) is 0 Å². The molecule has 2 aliphatic rings. The minimum Gasteiger partial charge on any atom is -0.381 e. The van der Waals surface area contributed by atoms with Crippen LogP contribution in [0.3, 0.4) is 0 Å². The van der Waals surface area contributed by atoms with E-state index in [9.17, 15) is 0 Å². The van der Waals surface area contributed by atoms with Crippen molar-refractivity contribution in [1.29, 1.82) is 0 Å². The maximum atomic E-state index is 5.73. The summed E-state index contributed by atoms with van der Waals surface area (Å²) in [6.45, 7) is 2.17. The zero-order valence-electron chi connectivity index (χ0n) is 11.0. The molecule has 2 heterocycles. The van der Waals surface area contributed by atoms with E-state index >= 15 is 0 Å². The SMILES string of the molecule is CO[C@@H]1CCC[C@]12CCCN(c1cnccn1)C2. The molecular formula is C14H21N3O.